The number of nitrogens with two attached hydrogens (primary N) is 1. The van der Waals surface area contributed by atoms with Crippen LogP contribution in [0.5, 0.6) is 0 Å². The third-order valence-electron chi connectivity index (χ3n) is 2.18. The van der Waals surface area contributed by atoms with Crippen molar-refractivity contribution < 1.29 is 4.79 Å². The van der Waals surface area contributed by atoms with Gasteiger partial charge in [0.05, 0.1) is 18.3 Å². The van der Waals surface area contributed by atoms with Crippen molar-refractivity contribution in [2.75, 3.05) is 12.0 Å². The highest BCUT2D eigenvalue weighted by molar-refractivity contribution is 7.98. The molecule has 16 heavy (non-hydrogen) atoms. The molecule has 0 aromatic carbocycles. The second kappa shape index (κ2) is 6.55. The summed E-state index contributed by atoms with van der Waals surface area (Å²) >= 11 is 1.69. The lowest BCUT2D eigenvalue weighted by Gasteiger charge is -2.10. The van der Waals surface area contributed by atoms with Crippen molar-refractivity contribution in [1.29, 1.82) is 0 Å². The van der Waals surface area contributed by atoms with Crippen LogP contribution in [0.2, 0.25) is 0 Å². The Morgan fingerprint density at radius 2 is 2.50 bits per heavy atom. The molecule has 5 nitrogen and oxygen atoms in total. The predicted molar refractivity (Wildman–Crippen MR) is 66.0 cm³/mol. The Kier molecular flexibility index (Phi) is 5.34. The standard InChI is InChI=1S/C10H18N4OS/c1-14-5-3-8(13-14)7-12-10(15)9(11)4-6-16-2/h3,5,9H,4,6-7,11H2,1-2H3,(H,12,15)/t9-/m0/s1. The van der Waals surface area contributed by atoms with E-state index in [1.54, 1.807) is 16.4 Å². The van der Waals surface area contributed by atoms with Gasteiger partial charge in [0.2, 0.25) is 5.91 Å². The normalized spacial score (nSPS) is 12.4. The van der Waals surface area contributed by atoms with Crippen LogP contribution < -0.4 is 11.1 Å². The smallest absolute Gasteiger partial charge is 0.237 e. The second-order valence-electron chi connectivity index (χ2n) is 3.59. The van der Waals surface area contributed by atoms with Crippen molar-refractivity contribution in [2.24, 2.45) is 12.8 Å². The lowest BCUT2D eigenvalue weighted by atomic mass is 10.2. The number of thioether (sulfide) groups is 1. The molecule has 6 heteroatoms. The van der Waals surface area contributed by atoms with Gasteiger partial charge in [0.15, 0.2) is 0 Å². The van der Waals surface area contributed by atoms with E-state index >= 15 is 0 Å². The first-order valence-electron chi connectivity index (χ1n) is 5.14. The third kappa shape index (κ3) is 4.24. The average Bonchev–Trinajstić information content (AvgIpc) is 2.68. The van der Waals surface area contributed by atoms with E-state index in [2.05, 4.69) is 10.4 Å². The summed E-state index contributed by atoms with van der Waals surface area (Å²) < 4.78 is 1.70. The fraction of sp³-hybridized carbons (Fsp3) is 0.600. The molecule has 3 N–H and O–H groups in total. The van der Waals surface area contributed by atoms with Crippen molar-refractivity contribution in [1.82, 2.24) is 15.1 Å². The van der Waals surface area contributed by atoms with E-state index in [1.165, 1.54) is 0 Å². The maximum Gasteiger partial charge on any atom is 0.237 e. The molecule has 0 bridgehead atoms. The quantitative estimate of drug-likeness (QED) is 0.743. The molecule has 0 unspecified atom stereocenters. The molecule has 0 radical (unpaired) electrons. The summed E-state index contributed by atoms with van der Waals surface area (Å²) in [4.78, 5) is 11.5. The Morgan fingerprint density at radius 1 is 1.75 bits per heavy atom. The van der Waals surface area contributed by atoms with Crippen molar-refractivity contribution in [3.8, 4) is 0 Å². The molecule has 1 amide bonds. The summed E-state index contributed by atoms with van der Waals surface area (Å²) in [6.45, 7) is 0.437. The molecule has 0 saturated heterocycles. The molecule has 1 aromatic heterocycles. The summed E-state index contributed by atoms with van der Waals surface area (Å²) in [5, 5.41) is 6.93. The van der Waals surface area contributed by atoms with E-state index < -0.39 is 6.04 Å². The van der Waals surface area contributed by atoms with Gasteiger partial charge in [0.1, 0.15) is 0 Å². The van der Waals surface area contributed by atoms with Crippen LogP contribution in [0.1, 0.15) is 12.1 Å². The fourth-order valence-electron chi connectivity index (χ4n) is 1.24. The van der Waals surface area contributed by atoms with Crippen LogP contribution >= 0.6 is 11.8 Å². The first-order valence-corrected chi connectivity index (χ1v) is 6.53. The number of aryl methyl sites for hydroxylation is 1. The van der Waals surface area contributed by atoms with Gasteiger partial charge in [0, 0.05) is 13.2 Å². The SMILES string of the molecule is CSCC[C@H](N)C(=O)NCc1ccn(C)n1. The number of aromatic nitrogens is 2. The topological polar surface area (TPSA) is 72.9 Å². The zero-order valence-corrected chi connectivity index (χ0v) is 10.5. The van der Waals surface area contributed by atoms with Gasteiger partial charge in [-0.05, 0) is 24.5 Å². The first-order chi connectivity index (χ1) is 7.63. The van der Waals surface area contributed by atoms with Crippen LogP contribution in [0.25, 0.3) is 0 Å². The molecule has 1 heterocycles. The molecule has 0 saturated carbocycles. The third-order valence-corrected chi connectivity index (χ3v) is 2.83. The van der Waals surface area contributed by atoms with Crippen LogP contribution in [-0.4, -0.2) is 33.7 Å². The minimum absolute atomic E-state index is 0.111. The van der Waals surface area contributed by atoms with Gasteiger partial charge in [-0.2, -0.15) is 16.9 Å². The van der Waals surface area contributed by atoms with Crippen molar-refractivity contribution in [3.63, 3.8) is 0 Å². The monoisotopic (exact) mass is 242 g/mol. The highest BCUT2D eigenvalue weighted by Gasteiger charge is 2.12. The average molecular weight is 242 g/mol. The Balaban J connectivity index is 2.29. The van der Waals surface area contributed by atoms with Gasteiger partial charge in [-0.1, -0.05) is 0 Å². The number of nitrogens with zero attached hydrogens (tertiary/aromatic N) is 2. The van der Waals surface area contributed by atoms with Crippen molar-refractivity contribution in [2.45, 2.75) is 19.0 Å². The predicted octanol–water partition coefficient (Wildman–Crippen LogP) is 0.117. The summed E-state index contributed by atoms with van der Waals surface area (Å²) in [5.41, 5.74) is 6.56. The molecule has 0 aliphatic heterocycles. The largest absolute Gasteiger partial charge is 0.349 e. The molecule has 0 fully saturated rings. The number of carbonyl (C=O) groups excluding carboxylic acids is 1. The van der Waals surface area contributed by atoms with Crippen molar-refractivity contribution in [3.05, 3.63) is 18.0 Å². The van der Waals surface area contributed by atoms with Crippen LogP contribution in [0.4, 0.5) is 0 Å². The summed E-state index contributed by atoms with van der Waals surface area (Å²) in [7, 11) is 1.84. The van der Waals surface area contributed by atoms with E-state index in [-0.39, 0.29) is 5.91 Å². The highest BCUT2D eigenvalue weighted by Crippen LogP contribution is 1.99. The molecule has 90 valence electrons. The molecular weight excluding hydrogens is 224 g/mol. The van der Waals surface area contributed by atoms with Gasteiger partial charge in [-0.15, -0.1) is 0 Å². The van der Waals surface area contributed by atoms with E-state index in [1.807, 2.05) is 25.6 Å². The van der Waals surface area contributed by atoms with Gasteiger partial charge >= 0.3 is 0 Å². The van der Waals surface area contributed by atoms with Gasteiger partial charge < -0.3 is 11.1 Å². The van der Waals surface area contributed by atoms with E-state index in [0.717, 1.165) is 11.4 Å². The number of carbonyl (C=O) groups is 1. The molecular formula is C10H18N4OS. The Hall–Kier alpha value is -1.01. The molecule has 1 rings (SSSR count). The summed E-state index contributed by atoms with van der Waals surface area (Å²) in [5.74, 6) is 0.790. The minimum atomic E-state index is -0.420. The zero-order valence-electron chi connectivity index (χ0n) is 9.64. The van der Waals surface area contributed by atoms with E-state index in [0.29, 0.717) is 13.0 Å². The van der Waals surface area contributed by atoms with Crippen LogP contribution in [0.15, 0.2) is 12.3 Å². The van der Waals surface area contributed by atoms with Gasteiger partial charge in [-0.25, -0.2) is 0 Å². The maximum atomic E-state index is 11.5. The maximum absolute atomic E-state index is 11.5. The fourth-order valence-corrected chi connectivity index (χ4v) is 1.73. The Bertz CT molecular complexity index is 339. The first kappa shape index (κ1) is 13.1. The molecule has 0 aliphatic carbocycles. The number of hydrogen-bond acceptors (Lipinski definition) is 4. The molecule has 1 atom stereocenters. The van der Waals surface area contributed by atoms with Gasteiger partial charge in [-0.3, -0.25) is 9.48 Å². The lowest BCUT2D eigenvalue weighted by molar-refractivity contribution is -0.122. The summed E-state index contributed by atoms with van der Waals surface area (Å²) in [6, 6.07) is 1.45. The number of hydrogen-bond donors (Lipinski definition) is 2. The number of amides is 1. The molecule has 0 aliphatic rings. The minimum Gasteiger partial charge on any atom is -0.349 e. The second-order valence-corrected chi connectivity index (χ2v) is 4.57. The molecule has 0 spiro atoms. The lowest BCUT2D eigenvalue weighted by Crippen LogP contribution is -2.40. The van der Waals surface area contributed by atoms with Crippen LogP contribution in [0, 0.1) is 0 Å². The Morgan fingerprint density at radius 3 is 3.06 bits per heavy atom. The number of rotatable bonds is 6. The van der Waals surface area contributed by atoms with Crippen LogP contribution in [0.3, 0.4) is 0 Å². The van der Waals surface area contributed by atoms with E-state index in [9.17, 15) is 4.79 Å². The van der Waals surface area contributed by atoms with Crippen molar-refractivity contribution >= 4 is 17.7 Å². The highest BCUT2D eigenvalue weighted by atomic mass is 32.2. The van der Waals surface area contributed by atoms with E-state index in [4.69, 9.17) is 5.73 Å². The zero-order chi connectivity index (χ0) is 12.0. The van der Waals surface area contributed by atoms with Crippen LogP contribution in [-0.2, 0) is 18.4 Å². The number of nitrogens with one attached hydrogen (secondary N) is 1. The Labute approximate surface area is 99.8 Å². The molecule has 1 aromatic rings. The summed E-state index contributed by atoms with van der Waals surface area (Å²) in [6.07, 6.45) is 4.54. The van der Waals surface area contributed by atoms with Gasteiger partial charge in [0.25, 0.3) is 0 Å².